The van der Waals surface area contributed by atoms with Crippen molar-refractivity contribution in [2.24, 2.45) is 5.73 Å². The maximum atomic E-state index is 11.9. The summed E-state index contributed by atoms with van der Waals surface area (Å²) in [7, 11) is 0. The Bertz CT molecular complexity index is 834. The van der Waals surface area contributed by atoms with E-state index in [4.69, 9.17) is 15.1 Å². The highest BCUT2D eigenvalue weighted by molar-refractivity contribution is 6.09. The number of anilines is 1. The van der Waals surface area contributed by atoms with Crippen LogP contribution in [0.5, 0.6) is 0 Å². The molecular formula is C17H22N4O3. The van der Waals surface area contributed by atoms with Gasteiger partial charge >= 0.3 is 0 Å². The molecule has 0 aliphatic heterocycles. The van der Waals surface area contributed by atoms with Crippen LogP contribution in [0.3, 0.4) is 0 Å². The lowest BCUT2D eigenvalue weighted by Crippen LogP contribution is -2.21. The van der Waals surface area contributed by atoms with Crippen LogP contribution in [0.15, 0.2) is 4.42 Å². The van der Waals surface area contributed by atoms with Crippen molar-refractivity contribution in [3.8, 4) is 0 Å². The van der Waals surface area contributed by atoms with E-state index >= 15 is 0 Å². The number of amides is 1. The highest BCUT2D eigenvalue weighted by atomic mass is 16.3. The monoisotopic (exact) mass is 330 g/mol. The molecule has 1 amide bonds. The van der Waals surface area contributed by atoms with Crippen LogP contribution >= 0.6 is 0 Å². The van der Waals surface area contributed by atoms with Gasteiger partial charge < -0.3 is 20.6 Å². The topological polar surface area (TPSA) is 114 Å². The van der Waals surface area contributed by atoms with Gasteiger partial charge in [-0.15, -0.1) is 0 Å². The number of aryl methyl sites for hydroxylation is 1. The van der Waals surface area contributed by atoms with Crippen molar-refractivity contribution in [3.63, 3.8) is 0 Å². The first-order valence-corrected chi connectivity index (χ1v) is 8.38. The number of fused-ring (bicyclic) bond motifs is 1. The molecule has 0 aromatic carbocycles. The van der Waals surface area contributed by atoms with E-state index in [1.165, 1.54) is 0 Å². The molecule has 2 saturated carbocycles. The third-order valence-electron chi connectivity index (χ3n) is 5.31. The summed E-state index contributed by atoms with van der Waals surface area (Å²) in [6.07, 6.45) is 4.66. The molecule has 2 aromatic heterocycles. The second-order valence-corrected chi connectivity index (χ2v) is 7.41. The van der Waals surface area contributed by atoms with Crippen LogP contribution in [0.25, 0.3) is 11.1 Å². The van der Waals surface area contributed by atoms with Crippen molar-refractivity contribution in [1.29, 1.82) is 0 Å². The first kappa shape index (κ1) is 15.4. The van der Waals surface area contributed by atoms with Gasteiger partial charge in [0.15, 0.2) is 0 Å². The summed E-state index contributed by atoms with van der Waals surface area (Å²) >= 11 is 0. The van der Waals surface area contributed by atoms with E-state index in [-0.39, 0.29) is 17.6 Å². The Morgan fingerprint density at radius 3 is 2.58 bits per heavy atom. The molecule has 7 nitrogen and oxygen atoms in total. The van der Waals surface area contributed by atoms with Gasteiger partial charge in [0, 0.05) is 17.6 Å². The first-order chi connectivity index (χ1) is 11.4. The molecule has 2 fully saturated rings. The minimum absolute atomic E-state index is 0.00760. The predicted octanol–water partition coefficient (Wildman–Crippen LogP) is 2.01. The molecule has 128 valence electrons. The summed E-state index contributed by atoms with van der Waals surface area (Å²) in [5, 5.41) is 13.4. The number of nitrogens with zero attached hydrogens (tertiary/aromatic N) is 2. The van der Waals surface area contributed by atoms with E-state index in [0.717, 1.165) is 25.7 Å². The zero-order valence-corrected chi connectivity index (χ0v) is 14.0. The Balaban J connectivity index is 1.91. The number of aliphatic hydroxyl groups excluding tert-OH is 1. The number of hydrogen-bond donors (Lipinski definition) is 3. The van der Waals surface area contributed by atoms with E-state index in [9.17, 15) is 9.90 Å². The highest BCUT2D eigenvalue weighted by Gasteiger charge is 2.47. The molecule has 4 N–H and O–H groups in total. The van der Waals surface area contributed by atoms with Crippen molar-refractivity contribution in [2.45, 2.75) is 56.9 Å². The summed E-state index contributed by atoms with van der Waals surface area (Å²) in [4.78, 5) is 21.2. The number of hydrogen-bond acceptors (Lipinski definition) is 6. The lowest BCUT2D eigenvalue weighted by molar-refractivity contribution is 0.1000. The van der Waals surface area contributed by atoms with E-state index in [1.54, 1.807) is 6.92 Å². The Morgan fingerprint density at radius 1 is 1.33 bits per heavy atom. The van der Waals surface area contributed by atoms with Gasteiger partial charge in [0.2, 0.25) is 5.71 Å². The van der Waals surface area contributed by atoms with Crippen LogP contribution in [0.2, 0.25) is 0 Å². The Kier molecular flexibility index (Phi) is 3.16. The molecule has 2 aliphatic carbocycles. The zero-order valence-electron chi connectivity index (χ0n) is 14.0. The molecule has 24 heavy (non-hydrogen) atoms. The smallest absolute Gasteiger partial charge is 0.253 e. The Morgan fingerprint density at radius 2 is 2.04 bits per heavy atom. The minimum Gasteiger partial charge on any atom is -0.442 e. The molecule has 7 heteroatoms. The van der Waals surface area contributed by atoms with Crippen molar-refractivity contribution >= 4 is 22.8 Å². The van der Waals surface area contributed by atoms with Gasteiger partial charge in [-0.05, 0) is 46.0 Å². The number of aliphatic hydroxyl groups is 1. The Hall–Kier alpha value is -2.15. The van der Waals surface area contributed by atoms with Gasteiger partial charge in [0.05, 0.1) is 10.9 Å². The predicted molar refractivity (Wildman–Crippen MR) is 88.9 cm³/mol. The summed E-state index contributed by atoms with van der Waals surface area (Å²) in [5.74, 6) is 1.22. The van der Waals surface area contributed by atoms with E-state index < -0.39 is 5.91 Å². The largest absolute Gasteiger partial charge is 0.442 e. The third kappa shape index (κ3) is 2.34. The number of nitrogens with two attached hydrogens (primary N) is 1. The molecule has 2 heterocycles. The number of carbonyl (C=O) groups excluding carboxylic acids is 1. The average molecular weight is 330 g/mol. The van der Waals surface area contributed by atoms with Crippen molar-refractivity contribution in [3.05, 3.63) is 17.1 Å². The molecule has 0 atom stereocenters. The Labute approximate surface area is 139 Å². The quantitative estimate of drug-likeness (QED) is 0.746. The normalized spacial score (nSPS) is 20.1. The number of rotatable bonds is 6. The van der Waals surface area contributed by atoms with Gasteiger partial charge in [-0.25, -0.2) is 4.98 Å². The molecule has 4 rings (SSSR count). The van der Waals surface area contributed by atoms with E-state index in [1.807, 2.05) is 0 Å². The van der Waals surface area contributed by atoms with Gasteiger partial charge in [-0.3, -0.25) is 4.79 Å². The van der Waals surface area contributed by atoms with Gasteiger partial charge in [-0.2, -0.15) is 4.98 Å². The molecule has 0 bridgehead atoms. The van der Waals surface area contributed by atoms with Crippen LogP contribution in [0, 0.1) is 6.92 Å². The lowest BCUT2D eigenvalue weighted by Gasteiger charge is -2.17. The molecule has 2 aromatic rings. The molecule has 0 unspecified atom stereocenters. The second-order valence-electron chi connectivity index (χ2n) is 7.41. The third-order valence-corrected chi connectivity index (χ3v) is 5.31. The van der Waals surface area contributed by atoms with Crippen LogP contribution < -0.4 is 11.1 Å². The maximum absolute atomic E-state index is 11.9. The fourth-order valence-electron chi connectivity index (χ4n) is 3.28. The molecule has 0 spiro atoms. The maximum Gasteiger partial charge on any atom is 0.253 e. The van der Waals surface area contributed by atoms with Crippen LogP contribution in [0.1, 0.15) is 61.0 Å². The molecule has 0 saturated heterocycles. The standard InChI is InChI=1S/C17H22N4O3/c1-9-10(12(18)23)11-13(21-16(2)3-4-16)19-15(20-14(11)24-9)17(5-6-17)7-8-22/h22H,3-8H2,1-2H3,(H2,18,23)(H,19,20,21). The molecule has 2 aliphatic rings. The van der Waals surface area contributed by atoms with Crippen molar-refractivity contribution in [2.75, 3.05) is 11.9 Å². The van der Waals surface area contributed by atoms with Gasteiger partial charge in [-0.1, -0.05) is 0 Å². The summed E-state index contributed by atoms with van der Waals surface area (Å²) < 4.78 is 5.72. The van der Waals surface area contributed by atoms with Crippen molar-refractivity contribution < 1.29 is 14.3 Å². The van der Waals surface area contributed by atoms with Gasteiger partial charge in [0.1, 0.15) is 17.4 Å². The first-order valence-electron chi connectivity index (χ1n) is 8.38. The average Bonchev–Trinajstić information content (AvgIpc) is 3.40. The number of furan rings is 1. The summed E-state index contributed by atoms with van der Waals surface area (Å²) in [5.41, 5.74) is 6.10. The lowest BCUT2D eigenvalue weighted by atomic mass is 10.0. The fourth-order valence-corrected chi connectivity index (χ4v) is 3.28. The minimum atomic E-state index is -0.539. The summed E-state index contributed by atoms with van der Waals surface area (Å²) in [6, 6.07) is 0. The second kappa shape index (κ2) is 4.92. The van der Waals surface area contributed by atoms with Crippen LogP contribution in [-0.2, 0) is 5.41 Å². The summed E-state index contributed by atoms with van der Waals surface area (Å²) in [6.45, 7) is 3.94. The number of carbonyl (C=O) groups is 1. The fraction of sp³-hybridized carbons (Fsp3) is 0.588. The zero-order chi connectivity index (χ0) is 17.1. The van der Waals surface area contributed by atoms with E-state index in [2.05, 4.69) is 17.2 Å². The molecular weight excluding hydrogens is 308 g/mol. The number of nitrogens with one attached hydrogen (secondary N) is 1. The molecule has 0 radical (unpaired) electrons. The van der Waals surface area contributed by atoms with Crippen LogP contribution in [0.4, 0.5) is 5.82 Å². The van der Waals surface area contributed by atoms with Gasteiger partial charge in [0.25, 0.3) is 5.91 Å². The number of aromatic nitrogens is 2. The van der Waals surface area contributed by atoms with E-state index in [0.29, 0.717) is 40.5 Å². The highest BCUT2D eigenvalue weighted by Crippen LogP contribution is 2.50. The van der Waals surface area contributed by atoms with Crippen molar-refractivity contribution in [1.82, 2.24) is 9.97 Å². The SMILES string of the molecule is Cc1oc2nc(C3(CCO)CC3)nc(NC3(C)CC3)c2c1C(N)=O. The number of primary amides is 1. The van der Waals surface area contributed by atoms with Crippen LogP contribution in [-0.4, -0.2) is 33.1 Å².